The molecule has 0 radical (unpaired) electrons. The Morgan fingerprint density at radius 1 is 1.19 bits per heavy atom. The molecule has 0 aliphatic heterocycles. The van der Waals surface area contributed by atoms with Crippen LogP contribution < -0.4 is 10.1 Å². The van der Waals surface area contributed by atoms with Crippen molar-refractivity contribution in [2.24, 2.45) is 0 Å². The lowest BCUT2D eigenvalue weighted by Gasteiger charge is -2.09. The average molecular weight is 361 g/mol. The molecule has 134 valence electrons. The monoisotopic (exact) mass is 361 g/mol. The van der Waals surface area contributed by atoms with Gasteiger partial charge in [-0.25, -0.2) is 4.39 Å². The summed E-state index contributed by atoms with van der Waals surface area (Å²) in [6.45, 7) is 1.70. The van der Waals surface area contributed by atoms with E-state index in [1.54, 1.807) is 31.2 Å². The third-order valence-electron chi connectivity index (χ3n) is 3.91. The summed E-state index contributed by atoms with van der Waals surface area (Å²) < 4.78 is 19.9. The topological polar surface area (TPSA) is 75.0 Å². The molecule has 5 nitrogen and oxygen atoms in total. The molecule has 0 saturated carbocycles. The minimum absolute atomic E-state index is 0.00600. The molecule has 1 N–H and O–H groups in total. The molecule has 6 heteroatoms. The van der Waals surface area contributed by atoms with Gasteiger partial charge in [-0.05, 0) is 31.2 Å². The number of nitrogens with one attached hydrogen (secondary N) is 1. The number of rotatable bonds is 5. The first-order valence-electron chi connectivity index (χ1n) is 8.23. The van der Waals surface area contributed by atoms with Gasteiger partial charge in [-0.2, -0.15) is 5.26 Å². The van der Waals surface area contributed by atoms with E-state index in [-0.39, 0.29) is 12.1 Å². The maximum atomic E-state index is 14.3. The van der Waals surface area contributed by atoms with Crippen LogP contribution in [-0.2, 0) is 6.54 Å². The highest BCUT2D eigenvalue weighted by Gasteiger charge is 2.11. The van der Waals surface area contributed by atoms with Gasteiger partial charge in [-0.3, -0.25) is 9.78 Å². The highest BCUT2D eigenvalue weighted by Crippen LogP contribution is 2.23. The van der Waals surface area contributed by atoms with Crippen LogP contribution in [0.2, 0.25) is 0 Å². The van der Waals surface area contributed by atoms with Gasteiger partial charge in [0.1, 0.15) is 23.4 Å². The van der Waals surface area contributed by atoms with E-state index in [9.17, 15) is 9.18 Å². The number of halogens is 1. The third-order valence-corrected chi connectivity index (χ3v) is 3.91. The summed E-state index contributed by atoms with van der Waals surface area (Å²) >= 11 is 0. The van der Waals surface area contributed by atoms with Gasteiger partial charge in [0.25, 0.3) is 5.91 Å². The fourth-order valence-corrected chi connectivity index (χ4v) is 2.41. The Bertz CT molecular complexity index is 1010. The number of hydrogen-bond donors (Lipinski definition) is 1. The molecule has 27 heavy (non-hydrogen) atoms. The molecule has 1 heterocycles. The summed E-state index contributed by atoms with van der Waals surface area (Å²) in [6, 6.07) is 17.0. The zero-order valence-electron chi connectivity index (χ0n) is 14.6. The SMILES string of the molecule is Cc1ncc(C(=O)NCc2ccc(Oc3ccccc3)cc2F)cc1C#N. The van der Waals surface area contributed by atoms with Gasteiger partial charge in [0.05, 0.1) is 16.8 Å². The first-order chi connectivity index (χ1) is 13.1. The largest absolute Gasteiger partial charge is 0.457 e. The van der Waals surface area contributed by atoms with Gasteiger partial charge in [-0.15, -0.1) is 0 Å². The van der Waals surface area contributed by atoms with Crippen molar-refractivity contribution in [2.75, 3.05) is 0 Å². The predicted octanol–water partition coefficient (Wildman–Crippen LogP) is 4.12. The number of aromatic nitrogens is 1. The van der Waals surface area contributed by atoms with E-state index in [1.165, 1.54) is 18.3 Å². The molecule has 0 aliphatic rings. The second kappa shape index (κ2) is 8.11. The van der Waals surface area contributed by atoms with Crippen molar-refractivity contribution in [1.29, 1.82) is 5.26 Å². The van der Waals surface area contributed by atoms with Crippen LogP contribution >= 0.6 is 0 Å². The lowest BCUT2D eigenvalue weighted by molar-refractivity contribution is 0.0950. The van der Waals surface area contributed by atoms with Gasteiger partial charge in [0, 0.05) is 24.4 Å². The lowest BCUT2D eigenvalue weighted by Crippen LogP contribution is -2.23. The van der Waals surface area contributed by atoms with Crippen LogP contribution in [0.5, 0.6) is 11.5 Å². The molecule has 0 fully saturated rings. The molecule has 0 unspecified atom stereocenters. The standard InChI is InChI=1S/C21H16FN3O2/c1-14-16(11-23)9-17(13-24-14)21(26)25-12-15-7-8-19(10-20(15)22)27-18-5-3-2-4-6-18/h2-10,13H,12H2,1H3,(H,25,26). The van der Waals surface area contributed by atoms with E-state index in [2.05, 4.69) is 10.3 Å². The van der Waals surface area contributed by atoms with Gasteiger partial charge in [0.15, 0.2) is 0 Å². The summed E-state index contributed by atoms with van der Waals surface area (Å²) in [5.41, 5.74) is 1.45. The molecule has 0 spiro atoms. The maximum Gasteiger partial charge on any atom is 0.253 e. The first-order valence-corrected chi connectivity index (χ1v) is 8.23. The van der Waals surface area contributed by atoms with Crippen LogP contribution in [0.25, 0.3) is 0 Å². The number of pyridine rings is 1. The van der Waals surface area contributed by atoms with Crippen molar-refractivity contribution in [2.45, 2.75) is 13.5 Å². The van der Waals surface area contributed by atoms with Gasteiger partial charge < -0.3 is 10.1 Å². The maximum absolute atomic E-state index is 14.3. The summed E-state index contributed by atoms with van der Waals surface area (Å²) in [7, 11) is 0. The Hall–Kier alpha value is -3.72. The molecule has 0 aliphatic carbocycles. The first kappa shape index (κ1) is 18.1. The van der Waals surface area contributed by atoms with Crippen molar-refractivity contribution in [3.05, 3.63) is 89.0 Å². The molecule has 2 aromatic carbocycles. The van der Waals surface area contributed by atoms with E-state index in [0.717, 1.165) is 0 Å². The second-order valence-electron chi connectivity index (χ2n) is 5.82. The Morgan fingerprint density at radius 2 is 1.96 bits per heavy atom. The van der Waals surface area contributed by atoms with Gasteiger partial charge >= 0.3 is 0 Å². The van der Waals surface area contributed by atoms with E-state index >= 15 is 0 Å². The Kier molecular flexibility index (Phi) is 5.43. The number of benzene rings is 2. The van der Waals surface area contributed by atoms with Crippen LogP contribution in [0.3, 0.4) is 0 Å². The number of aryl methyl sites for hydroxylation is 1. The van der Waals surface area contributed by atoms with Crippen LogP contribution in [0, 0.1) is 24.1 Å². The molecule has 1 aromatic heterocycles. The van der Waals surface area contributed by atoms with E-state index < -0.39 is 11.7 Å². The molecule has 0 atom stereocenters. The lowest BCUT2D eigenvalue weighted by atomic mass is 10.1. The molecule has 3 aromatic rings. The van der Waals surface area contributed by atoms with Crippen molar-refractivity contribution < 1.29 is 13.9 Å². The van der Waals surface area contributed by atoms with Crippen LogP contribution in [0.4, 0.5) is 4.39 Å². The Morgan fingerprint density at radius 3 is 2.67 bits per heavy atom. The van der Waals surface area contributed by atoms with E-state index in [0.29, 0.717) is 28.3 Å². The highest BCUT2D eigenvalue weighted by atomic mass is 19.1. The molecule has 3 rings (SSSR count). The number of amides is 1. The number of hydrogen-bond acceptors (Lipinski definition) is 4. The molecule has 0 bridgehead atoms. The minimum Gasteiger partial charge on any atom is -0.457 e. The Balaban J connectivity index is 1.66. The average Bonchev–Trinajstić information content (AvgIpc) is 2.68. The van der Waals surface area contributed by atoms with Crippen LogP contribution in [-0.4, -0.2) is 10.9 Å². The fourth-order valence-electron chi connectivity index (χ4n) is 2.41. The summed E-state index contributed by atoms with van der Waals surface area (Å²) in [5.74, 6) is 0.0692. The van der Waals surface area contributed by atoms with Crippen molar-refractivity contribution in [3.63, 3.8) is 0 Å². The quantitative estimate of drug-likeness (QED) is 0.742. The number of carbonyl (C=O) groups is 1. The number of para-hydroxylation sites is 1. The zero-order chi connectivity index (χ0) is 19.2. The number of nitriles is 1. The molecule has 1 amide bonds. The van der Waals surface area contributed by atoms with Crippen molar-refractivity contribution in [1.82, 2.24) is 10.3 Å². The fraction of sp³-hybridized carbons (Fsp3) is 0.0952. The minimum atomic E-state index is -0.483. The molecular weight excluding hydrogens is 345 g/mol. The highest BCUT2D eigenvalue weighted by molar-refractivity contribution is 5.94. The smallest absolute Gasteiger partial charge is 0.253 e. The van der Waals surface area contributed by atoms with E-state index in [1.807, 2.05) is 24.3 Å². The van der Waals surface area contributed by atoms with Crippen LogP contribution in [0.1, 0.15) is 27.2 Å². The van der Waals surface area contributed by atoms with Crippen molar-refractivity contribution >= 4 is 5.91 Å². The zero-order valence-corrected chi connectivity index (χ0v) is 14.6. The summed E-state index contributed by atoms with van der Waals surface area (Å²) in [5, 5.41) is 11.6. The molecular formula is C21H16FN3O2. The van der Waals surface area contributed by atoms with E-state index in [4.69, 9.17) is 10.00 Å². The predicted molar refractivity (Wildman–Crippen MR) is 97.8 cm³/mol. The van der Waals surface area contributed by atoms with Gasteiger partial charge in [-0.1, -0.05) is 24.3 Å². The number of ether oxygens (including phenoxy) is 1. The van der Waals surface area contributed by atoms with Gasteiger partial charge in [0.2, 0.25) is 0 Å². The molecule has 0 saturated heterocycles. The van der Waals surface area contributed by atoms with Crippen molar-refractivity contribution in [3.8, 4) is 17.6 Å². The third kappa shape index (κ3) is 4.47. The Labute approximate surface area is 156 Å². The van der Waals surface area contributed by atoms with Crippen LogP contribution in [0.15, 0.2) is 60.8 Å². The second-order valence-corrected chi connectivity index (χ2v) is 5.82. The summed E-state index contributed by atoms with van der Waals surface area (Å²) in [6.07, 6.45) is 1.39. The normalized spacial score (nSPS) is 10.1. The number of carbonyl (C=O) groups excluding carboxylic acids is 1. The summed E-state index contributed by atoms with van der Waals surface area (Å²) in [4.78, 5) is 16.2. The number of nitrogens with zero attached hydrogens (tertiary/aromatic N) is 2.